The molecule has 5 heteroatoms. The number of aliphatic carboxylic acids is 1. The van der Waals surface area contributed by atoms with E-state index in [0.29, 0.717) is 12.5 Å². The van der Waals surface area contributed by atoms with Gasteiger partial charge in [0.1, 0.15) is 0 Å². The van der Waals surface area contributed by atoms with Crippen LogP contribution in [0.25, 0.3) is 0 Å². The van der Waals surface area contributed by atoms with Gasteiger partial charge in [0.25, 0.3) is 0 Å². The Morgan fingerprint density at radius 2 is 1.95 bits per heavy atom. The molecule has 2 aliphatic rings. The van der Waals surface area contributed by atoms with Gasteiger partial charge in [-0.05, 0) is 31.2 Å². The van der Waals surface area contributed by atoms with Crippen LogP contribution in [0.5, 0.6) is 0 Å². The Bertz CT molecular complexity index is 346. The van der Waals surface area contributed by atoms with E-state index in [9.17, 15) is 14.7 Å². The standard InChI is InChI=1S/C14H24N2O3/c1-9-6-15-8-12(9)13(17)16-7-10-4-2-3-5-11(10)14(18)19/h9-12,15H,2-8H2,1H3,(H,16,17)(H,18,19). The number of nitrogens with one attached hydrogen (secondary N) is 2. The first-order chi connectivity index (χ1) is 9.09. The summed E-state index contributed by atoms with van der Waals surface area (Å²) in [7, 11) is 0. The predicted molar refractivity (Wildman–Crippen MR) is 71.6 cm³/mol. The molecular weight excluding hydrogens is 244 g/mol. The lowest BCUT2D eigenvalue weighted by Crippen LogP contribution is -2.41. The molecule has 1 amide bonds. The smallest absolute Gasteiger partial charge is 0.306 e. The molecule has 2 rings (SSSR count). The maximum atomic E-state index is 12.1. The van der Waals surface area contributed by atoms with Crippen molar-refractivity contribution in [2.24, 2.45) is 23.7 Å². The molecule has 1 saturated carbocycles. The highest BCUT2D eigenvalue weighted by Crippen LogP contribution is 2.30. The lowest BCUT2D eigenvalue weighted by Gasteiger charge is -2.29. The number of rotatable bonds is 4. The average Bonchev–Trinajstić information content (AvgIpc) is 2.82. The van der Waals surface area contributed by atoms with Crippen LogP contribution in [-0.2, 0) is 9.59 Å². The van der Waals surface area contributed by atoms with Crippen molar-refractivity contribution in [2.75, 3.05) is 19.6 Å². The minimum absolute atomic E-state index is 0.0341. The third-order valence-electron chi connectivity index (χ3n) is 4.62. The van der Waals surface area contributed by atoms with Crippen LogP contribution in [0.15, 0.2) is 0 Å². The minimum atomic E-state index is -0.713. The number of carbonyl (C=O) groups excluding carboxylic acids is 1. The van der Waals surface area contributed by atoms with Crippen LogP contribution in [0, 0.1) is 23.7 Å². The molecule has 19 heavy (non-hydrogen) atoms. The summed E-state index contributed by atoms with van der Waals surface area (Å²) in [4.78, 5) is 23.3. The van der Waals surface area contributed by atoms with E-state index in [1.807, 2.05) is 0 Å². The zero-order valence-electron chi connectivity index (χ0n) is 11.5. The molecule has 1 aliphatic carbocycles. The van der Waals surface area contributed by atoms with Crippen LogP contribution >= 0.6 is 0 Å². The first kappa shape index (κ1) is 14.3. The molecule has 2 fully saturated rings. The van der Waals surface area contributed by atoms with Crippen molar-refractivity contribution in [2.45, 2.75) is 32.6 Å². The number of hydrogen-bond donors (Lipinski definition) is 3. The van der Waals surface area contributed by atoms with Gasteiger partial charge < -0.3 is 15.7 Å². The largest absolute Gasteiger partial charge is 0.481 e. The van der Waals surface area contributed by atoms with Crippen LogP contribution < -0.4 is 10.6 Å². The summed E-state index contributed by atoms with van der Waals surface area (Å²) in [6.07, 6.45) is 3.73. The quantitative estimate of drug-likeness (QED) is 0.706. The molecule has 0 bridgehead atoms. The lowest BCUT2D eigenvalue weighted by atomic mass is 9.79. The first-order valence-electron chi connectivity index (χ1n) is 7.31. The van der Waals surface area contributed by atoms with E-state index in [-0.39, 0.29) is 23.7 Å². The van der Waals surface area contributed by atoms with Crippen LogP contribution in [-0.4, -0.2) is 36.6 Å². The third kappa shape index (κ3) is 3.47. The van der Waals surface area contributed by atoms with Crippen molar-refractivity contribution < 1.29 is 14.7 Å². The Kier molecular flexibility index (Phi) is 4.80. The zero-order chi connectivity index (χ0) is 13.8. The molecule has 0 aromatic rings. The fraction of sp³-hybridized carbons (Fsp3) is 0.857. The van der Waals surface area contributed by atoms with Crippen LogP contribution in [0.2, 0.25) is 0 Å². The molecule has 1 saturated heterocycles. The summed E-state index contributed by atoms with van der Waals surface area (Å²) in [6, 6.07) is 0. The second kappa shape index (κ2) is 6.37. The monoisotopic (exact) mass is 268 g/mol. The highest BCUT2D eigenvalue weighted by molar-refractivity contribution is 5.79. The molecule has 4 unspecified atom stereocenters. The van der Waals surface area contributed by atoms with Gasteiger partial charge in [0.2, 0.25) is 5.91 Å². The molecule has 0 radical (unpaired) electrons. The van der Waals surface area contributed by atoms with E-state index in [1.54, 1.807) is 0 Å². The van der Waals surface area contributed by atoms with E-state index in [1.165, 1.54) is 0 Å². The summed E-state index contributed by atoms with van der Waals surface area (Å²) in [6.45, 7) is 4.21. The van der Waals surface area contributed by atoms with Crippen LogP contribution in [0.4, 0.5) is 0 Å². The third-order valence-corrected chi connectivity index (χ3v) is 4.62. The van der Waals surface area contributed by atoms with Crippen LogP contribution in [0.1, 0.15) is 32.6 Å². The highest BCUT2D eigenvalue weighted by Gasteiger charge is 2.33. The highest BCUT2D eigenvalue weighted by atomic mass is 16.4. The molecule has 1 heterocycles. The van der Waals surface area contributed by atoms with Crippen molar-refractivity contribution in [3.63, 3.8) is 0 Å². The normalized spacial score (nSPS) is 35.0. The molecule has 0 aromatic heterocycles. The van der Waals surface area contributed by atoms with E-state index in [4.69, 9.17) is 0 Å². The molecule has 0 aromatic carbocycles. The molecule has 3 N–H and O–H groups in total. The minimum Gasteiger partial charge on any atom is -0.481 e. The van der Waals surface area contributed by atoms with Gasteiger partial charge in [0, 0.05) is 13.1 Å². The summed E-state index contributed by atoms with van der Waals surface area (Å²) < 4.78 is 0. The number of hydrogen-bond acceptors (Lipinski definition) is 3. The van der Waals surface area contributed by atoms with Crippen molar-refractivity contribution in [1.29, 1.82) is 0 Å². The summed E-state index contributed by atoms with van der Waals surface area (Å²) in [5, 5.41) is 15.4. The van der Waals surface area contributed by atoms with E-state index < -0.39 is 5.97 Å². The van der Waals surface area contributed by atoms with Gasteiger partial charge in [-0.15, -0.1) is 0 Å². The second-order valence-corrected chi connectivity index (χ2v) is 5.98. The maximum Gasteiger partial charge on any atom is 0.306 e. The fourth-order valence-corrected chi connectivity index (χ4v) is 3.30. The Balaban J connectivity index is 1.83. The lowest BCUT2D eigenvalue weighted by molar-refractivity contribution is -0.145. The van der Waals surface area contributed by atoms with Gasteiger partial charge in [-0.3, -0.25) is 9.59 Å². The predicted octanol–water partition coefficient (Wildman–Crippen LogP) is 0.849. The van der Waals surface area contributed by atoms with Gasteiger partial charge in [-0.1, -0.05) is 19.8 Å². The summed E-state index contributed by atoms with van der Waals surface area (Å²) in [5.41, 5.74) is 0. The molecule has 5 nitrogen and oxygen atoms in total. The van der Waals surface area contributed by atoms with Gasteiger partial charge in [0.15, 0.2) is 0 Å². The Hall–Kier alpha value is -1.10. The Morgan fingerprint density at radius 1 is 1.21 bits per heavy atom. The van der Waals surface area contributed by atoms with E-state index in [2.05, 4.69) is 17.6 Å². The molecule has 108 valence electrons. The molecule has 1 aliphatic heterocycles. The number of carboxylic acids is 1. The van der Waals surface area contributed by atoms with Crippen molar-refractivity contribution in [1.82, 2.24) is 10.6 Å². The molecule has 4 atom stereocenters. The Labute approximate surface area is 114 Å². The summed E-state index contributed by atoms with van der Waals surface area (Å²) >= 11 is 0. The fourth-order valence-electron chi connectivity index (χ4n) is 3.30. The number of carbonyl (C=O) groups is 2. The van der Waals surface area contributed by atoms with E-state index in [0.717, 1.165) is 38.8 Å². The molecular formula is C14H24N2O3. The first-order valence-corrected chi connectivity index (χ1v) is 7.31. The van der Waals surface area contributed by atoms with Crippen molar-refractivity contribution in [3.05, 3.63) is 0 Å². The zero-order valence-corrected chi connectivity index (χ0v) is 11.5. The van der Waals surface area contributed by atoms with Crippen molar-refractivity contribution in [3.8, 4) is 0 Å². The molecule has 0 spiro atoms. The van der Waals surface area contributed by atoms with Gasteiger partial charge in [0.05, 0.1) is 11.8 Å². The van der Waals surface area contributed by atoms with Crippen molar-refractivity contribution >= 4 is 11.9 Å². The summed E-state index contributed by atoms with van der Waals surface area (Å²) in [5.74, 6) is -0.427. The average molecular weight is 268 g/mol. The SMILES string of the molecule is CC1CNCC1C(=O)NCC1CCCCC1C(=O)O. The maximum absolute atomic E-state index is 12.1. The van der Waals surface area contributed by atoms with Crippen LogP contribution in [0.3, 0.4) is 0 Å². The van der Waals surface area contributed by atoms with E-state index >= 15 is 0 Å². The Morgan fingerprint density at radius 3 is 2.58 bits per heavy atom. The topological polar surface area (TPSA) is 78.4 Å². The van der Waals surface area contributed by atoms with Gasteiger partial charge in [-0.25, -0.2) is 0 Å². The second-order valence-electron chi connectivity index (χ2n) is 5.98. The number of carboxylic acid groups (broad SMARTS) is 1. The van der Waals surface area contributed by atoms with Gasteiger partial charge >= 0.3 is 5.97 Å². The van der Waals surface area contributed by atoms with Gasteiger partial charge in [-0.2, -0.15) is 0 Å². The number of amides is 1.